The van der Waals surface area contributed by atoms with Crippen LogP contribution in [0.5, 0.6) is 5.88 Å². The number of piperidine rings is 1. The second-order valence-electron chi connectivity index (χ2n) is 7.48. The number of nitrogens with zero attached hydrogens (tertiary/aromatic N) is 3. The van der Waals surface area contributed by atoms with E-state index >= 15 is 0 Å². The summed E-state index contributed by atoms with van der Waals surface area (Å²) in [6.45, 7) is 0.899. The lowest BCUT2D eigenvalue weighted by Gasteiger charge is -2.39. The number of hydrogen-bond acceptors (Lipinski definition) is 6. The lowest BCUT2D eigenvalue weighted by Crippen LogP contribution is -2.50. The lowest BCUT2D eigenvalue weighted by atomic mass is 9.96. The van der Waals surface area contributed by atoms with Crippen LogP contribution in [0.2, 0.25) is 5.02 Å². The number of benzene rings is 1. The Morgan fingerprint density at radius 2 is 2.11 bits per heavy atom. The van der Waals surface area contributed by atoms with Gasteiger partial charge in [-0.15, -0.1) is 0 Å². The van der Waals surface area contributed by atoms with Gasteiger partial charge in [-0.1, -0.05) is 23.7 Å². The van der Waals surface area contributed by atoms with E-state index in [9.17, 15) is 4.79 Å². The molecule has 148 valence electrons. The summed E-state index contributed by atoms with van der Waals surface area (Å²) in [6.07, 6.45) is 5.60. The van der Waals surface area contributed by atoms with E-state index < -0.39 is 0 Å². The van der Waals surface area contributed by atoms with Gasteiger partial charge >= 0.3 is 0 Å². The van der Waals surface area contributed by atoms with Crippen molar-refractivity contribution in [1.29, 1.82) is 0 Å². The molecule has 2 saturated heterocycles. The van der Waals surface area contributed by atoms with E-state index in [0.29, 0.717) is 17.6 Å². The minimum atomic E-state index is -0.218. The summed E-state index contributed by atoms with van der Waals surface area (Å²) in [5.41, 5.74) is 7.11. The van der Waals surface area contributed by atoms with E-state index in [0.717, 1.165) is 37.3 Å². The summed E-state index contributed by atoms with van der Waals surface area (Å²) in [7, 11) is 1.47. The van der Waals surface area contributed by atoms with E-state index in [1.54, 1.807) is 0 Å². The molecule has 4 rings (SSSR count). The Labute approximate surface area is 169 Å². The van der Waals surface area contributed by atoms with Crippen molar-refractivity contribution in [3.05, 3.63) is 46.6 Å². The first-order valence-electron chi connectivity index (χ1n) is 9.51. The first kappa shape index (κ1) is 19.0. The number of rotatable bonds is 5. The van der Waals surface area contributed by atoms with Crippen LogP contribution in [0.25, 0.3) is 0 Å². The SMILES string of the molecule is COc1nc(N)ncc1C(=O)NC1C[C@H]2CC[C@@H](C1)N2Cc1cccc(Cl)c1. The van der Waals surface area contributed by atoms with Crippen molar-refractivity contribution < 1.29 is 9.53 Å². The number of methoxy groups -OCH3 is 1. The minimum Gasteiger partial charge on any atom is -0.480 e. The third-order valence-electron chi connectivity index (χ3n) is 5.68. The molecule has 1 aromatic carbocycles. The molecular formula is C20H24ClN5O2. The van der Waals surface area contributed by atoms with Crippen molar-refractivity contribution in [3.63, 3.8) is 0 Å². The van der Waals surface area contributed by atoms with Crippen LogP contribution >= 0.6 is 11.6 Å². The Balaban J connectivity index is 1.41. The molecule has 0 spiro atoms. The maximum atomic E-state index is 12.7. The summed E-state index contributed by atoms with van der Waals surface area (Å²) in [6, 6.07) is 9.10. The highest BCUT2D eigenvalue weighted by Crippen LogP contribution is 2.37. The van der Waals surface area contributed by atoms with Crippen molar-refractivity contribution in [3.8, 4) is 5.88 Å². The van der Waals surface area contributed by atoms with Gasteiger partial charge in [0.1, 0.15) is 5.56 Å². The van der Waals surface area contributed by atoms with Crippen molar-refractivity contribution in [2.45, 2.75) is 50.4 Å². The molecule has 3 atom stereocenters. The molecule has 2 aliphatic heterocycles. The summed E-state index contributed by atoms with van der Waals surface area (Å²) < 4.78 is 5.17. The maximum absolute atomic E-state index is 12.7. The summed E-state index contributed by atoms with van der Waals surface area (Å²) in [5.74, 6) is 0.0664. The number of carbonyl (C=O) groups is 1. The fourth-order valence-corrected chi connectivity index (χ4v) is 4.66. The first-order valence-corrected chi connectivity index (χ1v) is 9.89. The Bertz CT molecular complexity index is 863. The van der Waals surface area contributed by atoms with Gasteiger partial charge in [0.05, 0.1) is 7.11 Å². The van der Waals surface area contributed by atoms with E-state index in [2.05, 4.69) is 26.3 Å². The summed E-state index contributed by atoms with van der Waals surface area (Å²) in [4.78, 5) is 23.2. The van der Waals surface area contributed by atoms with Crippen LogP contribution in [0.15, 0.2) is 30.5 Å². The molecule has 1 unspecified atom stereocenters. The number of hydrogen-bond donors (Lipinski definition) is 2. The number of halogens is 1. The average molecular weight is 402 g/mol. The number of carbonyl (C=O) groups excluding carboxylic acids is 1. The molecule has 3 heterocycles. The Kier molecular flexibility index (Phi) is 5.37. The summed E-state index contributed by atoms with van der Waals surface area (Å²) in [5, 5.41) is 3.91. The first-order chi connectivity index (χ1) is 13.5. The van der Waals surface area contributed by atoms with Crippen molar-refractivity contribution >= 4 is 23.5 Å². The second kappa shape index (κ2) is 7.93. The number of amides is 1. The number of fused-ring (bicyclic) bond motifs is 2. The van der Waals surface area contributed by atoms with Crippen molar-refractivity contribution in [2.24, 2.45) is 0 Å². The van der Waals surface area contributed by atoms with Gasteiger partial charge < -0.3 is 15.8 Å². The van der Waals surface area contributed by atoms with Gasteiger partial charge in [-0.2, -0.15) is 4.98 Å². The molecule has 0 saturated carbocycles. The van der Waals surface area contributed by atoms with Gasteiger partial charge in [0.2, 0.25) is 11.8 Å². The van der Waals surface area contributed by atoms with Crippen LogP contribution < -0.4 is 15.8 Å². The maximum Gasteiger partial charge on any atom is 0.258 e. The normalized spacial score (nSPS) is 24.1. The highest BCUT2D eigenvalue weighted by molar-refractivity contribution is 6.30. The van der Waals surface area contributed by atoms with E-state index in [4.69, 9.17) is 22.1 Å². The quantitative estimate of drug-likeness (QED) is 0.800. The molecule has 28 heavy (non-hydrogen) atoms. The highest BCUT2D eigenvalue weighted by atomic mass is 35.5. The predicted octanol–water partition coefficient (Wildman–Crippen LogP) is 2.65. The molecule has 3 N–H and O–H groups in total. The van der Waals surface area contributed by atoms with E-state index in [1.807, 2.05) is 18.2 Å². The predicted molar refractivity (Wildman–Crippen MR) is 107 cm³/mol. The molecule has 0 radical (unpaired) electrons. The topological polar surface area (TPSA) is 93.4 Å². The van der Waals surface area contributed by atoms with Crippen LogP contribution in [0, 0.1) is 0 Å². The molecule has 2 fully saturated rings. The van der Waals surface area contributed by atoms with Crippen LogP contribution in [0.4, 0.5) is 5.95 Å². The number of nitrogens with two attached hydrogens (primary N) is 1. The Morgan fingerprint density at radius 3 is 2.79 bits per heavy atom. The zero-order valence-electron chi connectivity index (χ0n) is 15.8. The molecule has 1 amide bonds. The lowest BCUT2D eigenvalue weighted by molar-refractivity contribution is 0.0824. The van der Waals surface area contributed by atoms with Crippen molar-refractivity contribution in [2.75, 3.05) is 12.8 Å². The zero-order chi connectivity index (χ0) is 19.7. The Hall–Kier alpha value is -2.38. The average Bonchev–Trinajstić information content (AvgIpc) is 2.90. The molecule has 7 nitrogen and oxygen atoms in total. The molecule has 0 aliphatic carbocycles. The van der Waals surface area contributed by atoms with Crippen LogP contribution in [-0.2, 0) is 6.54 Å². The molecule has 2 aliphatic rings. The van der Waals surface area contributed by atoms with Gasteiger partial charge in [-0.3, -0.25) is 9.69 Å². The molecule has 2 aromatic rings. The number of ether oxygens (including phenoxy) is 1. The number of anilines is 1. The largest absolute Gasteiger partial charge is 0.480 e. The molecule has 1 aromatic heterocycles. The van der Waals surface area contributed by atoms with Crippen molar-refractivity contribution in [1.82, 2.24) is 20.2 Å². The fourth-order valence-electron chi connectivity index (χ4n) is 4.45. The standard InChI is InChI=1S/C20H24ClN5O2/c1-28-19-17(10-23-20(22)25-19)18(27)24-14-8-15-5-6-16(9-14)26(15)11-12-3-2-4-13(21)7-12/h2-4,7,10,14-16H,5-6,8-9,11H2,1H3,(H,24,27)(H2,22,23,25)/t14?,15-,16+. The van der Waals surface area contributed by atoms with Gasteiger partial charge in [0.15, 0.2) is 0 Å². The molecule has 8 heteroatoms. The number of nitrogen functional groups attached to an aromatic ring is 1. The van der Waals surface area contributed by atoms with Gasteiger partial charge in [-0.25, -0.2) is 4.98 Å². The van der Waals surface area contributed by atoms with Gasteiger partial charge in [0.25, 0.3) is 5.91 Å². The zero-order valence-corrected chi connectivity index (χ0v) is 16.5. The fraction of sp³-hybridized carbons (Fsp3) is 0.450. The van der Waals surface area contributed by atoms with Gasteiger partial charge in [0, 0.05) is 35.9 Å². The molecular weight excluding hydrogens is 378 g/mol. The summed E-state index contributed by atoms with van der Waals surface area (Å²) >= 11 is 6.13. The third-order valence-corrected chi connectivity index (χ3v) is 5.92. The Morgan fingerprint density at radius 1 is 1.36 bits per heavy atom. The van der Waals surface area contributed by atoms with Crippen LogP contribution in [-0.4, -0.2) is 46.0 Å². The van der Waals surface area contributed by atoms with Gasteiger partial charge in [-0.05, 0) is 43.4 Å². The highest BCUT2D eigenvalue weighted by Gasteiger charge is 2.41. The third kappa shape index (κ3) is 3.91. The van der Waals surface area contributed by atoms with E-state index in [1.165, 1.54) is 18.9 Å². The van der Waals surface area contributed by atoms with Crippen LogP contribution in [0.1, 0.15) is 41.6 Å². The minimum absolute atomic E-state index is 0.0840. The van der Waals surface area contributed by atoms with E-state index in [-0.39, 0.29) is 23.8 Å². The second-order valence-corrected chi connectivity index (χ2v) is 7.92. The molecule has 2 bridgehead atoms. The number of aromatic nitrogens is 2. The van der Waals surface area contributed by atoms with Crippen LogP contribution in [0.3, 0.4) is 0 Å². The monoisotopic (exact) mass is 401 g/mol. The smallest absolute Gasteiger partial charge is 0.258 e. The number of nitrogens with one attached hydrogen (secondary N) is 1.